The van der Waals surface area contributed by atoms with Gasteiger partial charge in [-0.25, -0.2) is 4.79 Å². The van der Waals surface area contributed by atoms with E-state index in [2.05, 4.69) is 20.8 Å². The lowest BCUT2D eigenvalue weighted by atomic mass is 9.98. The average Bonchev–Trinajstić information content (AvgIpc) is 3.09. The van der Waals surface area contributed by atoms with Crippen molar-refractivity contribution in [1.82, 2.24) is 15.1 Å². The smallest absolute Gasteiger partial charge is 0.322 e. The quantitative estimate of drug-likeness (QED) is 0.809. The number of hydrogen-bond acceptors (Lipinski definition) is 3. The highest BCUT2D eigenvalue weighted by atomic mass is 16.2. The molecule has 1 aliphatic heterocycles. The van der Waals surface area contributed by atoms with Gasteiger partial charge in [-0.1, -0.05) is 6.07 Å². The van der Waals surface area contributed by atoms with E-state index in [1.807, 2.05) is 11.1 Å². The van der Waals surface area contributed by atoms with E-state index in [9.17, 15) is 9.59 Å². The highest BCUT2D eigenvalue weighted by Gasteiger charge is 2.28. The van der Waals surface area contributed by atoms with Gasteiger partial charge in [0.05, 0.1) is 12.2 Å². The molecule has 1 atom stereocenters. The van der Waals surface area contributed by atoms with Crippen LogP contribution in [0.3, 0.4) is 0 Å². The van der Waals surface area contributed by atoms with Gasteiger partial charge in [-0.3, -0.25) is 9.89 Å². The van der Waals surface area contributed by atoms with Crippen molar-refractivity contribution in [1.29, 1.82) is 0 Å². The molecule has 0 radical (unpaired) electrons. The largest absolute Gasteiger partial charge is 0.326 e. The van der Waals surface area contributed by atoms with E-state index < -0.39 is 0 Å². The number of rotatable bonds is 3. The van der Waals surface area contributed by atoms with Crippen LogP contribution < -0.4 is 10.6 Å². The molecule has 7 nitrogen and oxygen atoms in total. The summed E-state index contributed by atoms with van der Waals surface area (Å²) in [6.07, 6.45) is 6.63. The van der Waals surface area contributed by atoms with Crippen molar-refractivity contribution in [2.24, 2.45) is 0 Å². The lowest BCUT2D eigenvalue weighted by Crippen LogP contribution is -2.41. The van der Waals surface area contributed by atoms with Gasteiger partial charge in [0.25, 0.3) is 0 Å². The van der Waals surface area contributed by atoms with E-state index >= 15 is 0 Å². The number of urea groups is 1. The Hall–Kier alpha value is -2.83. The number of nitrogens with one attached hydrogen (secondary N) is 3. The van der Waals surface area contributed by atoms with Gasteiger partial charge in [-0.2, -0.15) is 5.10 Å². The number of amides is 3. The third kappa shape index (κ3) is 3.73. The Balaban J connectivity index is 1.72. The minimum absolute atomic E-state index is 0.0380. The van der Waals surface area contributed by atoms with Crippen molar-refractivity contribution in [3.8, 4) is 0 Å². The summed E-state index contributed by atoms with van der Waals surface area (Å²) >= 11 is 0. The minimum atomic E-state index is -0.144. The van der Waals surface area contributed by atoms with Crippen molar-refractivity contribution >= 4 is 23.3 Å². The molecular formula is C17H21N5O2. The number of nitrogens with zero attached hydrogens (tertiary/aromatic N) is 2. The number of aromatic nitrogens is 2. The number of H-pyrrole nitrogens is 1. The number of aromatic amines is 1. The molecule has 0 saturated carbocycles. The summed E-state index contributed by atoms with van der Waals surface area (Å²) in [6, 6.07) is 7.03. The first-order valence-electron chi connectivity index (χ1n) is 8.07. The molecule has 2 heterocycles. The summed E-state index contributed by atoms with van der Waals surface area (Å²) in [5.41, 5.74) is 2.34. The van der Waals surface area contributed by atoms with Crippen LogP contribution in [0.4, 0.5) is 16.2 Å². The summed E-state index contributed by atoms with van der Waals surface area (Å²) in [6.45, 7) is 2.17. The Labute approximate surface area is 140 Å². The zero-order chi connectivity index (χ0) is 16.9. The van der Waals surface area contributed by atoms with E-state index in [4.69, 9.17) is 0 Å². The molecule has 3 amide bonds. The van der Waals surface area contributed by atoms with Gasteiger partial charge < -0.3 is 15.5 Å². The molecule has 3 N–H and O–H groups in total. The maximum Gasteiger partial charge on any atom is 0.322 e. The molecule has 0 aliphatic carbocycles. The summed E-state index contributed by atoms with van der Waals surface area (Å²) in [4.78, 5) is 25.7. The summed E-state index contributed by atoms with van der Waals surface area (Å²) < 4.78 is 0. The van der Waals surface area contributed by atoms with E-state index in [1.54, 1.807) is 30.5 Å². The topological polar surface area (TPSA) is 90.1 Å². The molecule has 0 unspecified atom stereocenters. The molecule has 1 aromatic heterocycles. The van der Waals surface area contributed by atoms with E-state index in [-0.39, 0.29) is 18.0 Å². The van der Waals surface area contributed by atoms with Crippen LogP contribution in [0, 0.1) is 0 Å². The van der Waals surface area contributed by atoms with Crippen LogP contribution in [0.15, 0.2) is 36.7 Å². The van der Waals surface area contributed by atoms with Gasteiger partial charge >= 0.3 is 6.03 Å². The third-order valence-corrected chi connectivity index (χ3v) is 4.10. The predicted molar refractivity (Wildman–Crippen MR) is 91.7 cm³/mol. The van der Waals surface area contributed by atoms with Gasteiger partial charge in [-0.05, 0) is 37.5 Å². The fraction of sp³-hybridized carbons (Fsp3) is 0.353. The van der Waals surface area contributed by atoms with E-state index in [0.29, 0.717) is 17.9 Å². The molecule has 7 heteroatoms. The SMILES string of the molecule is CC(=O)Nc1cccc(NC(=O)N2CCCC[C@H]2c2cn[nH]c2)c1. The highest BCUT2D eigenvalue weighted by Crippen LogP contribution is 2.31. The second-order valence-electron chi connectivity index (χ2n) is 5.93. The van der Waals surface area contributed by atoms with Crippen molar-refractivity contribution in [3.05, 3.63) is 42.2 Å². The first-order valence-corrected chi connectivity index (χ1v) is 8.07. The van der Waals surface area contributed by atoms with Crippen molar-refractivity contribution in [2.45, 2.75) is 32.2 Å². The number of carbonyl (C=O) groups excluding carboxylic acids is 2. The van der Waals surface area contributed by atoms with E-state index in [1.165, 1.54) is 6.92 Å². The van der Waals surface area contributed by atoms with Gasteiger partial charge in [0, 0.05) is 36.6 Å². The lowest BCUT2D eigenvalue weighted by molar-refractivity contribution is -0.114. The molecule has 3 rings (SSSR count). The van der Waals surface area contributed by atoms with Crippen LogP contribution in [-0.4, -0.2) is 33.6 Å². The molecule has 1 aromatic carbocycles. The second kappa shape index (κ2) is 7.16. The number of hydrogen-bond donors (Lipinski definition) is 3. The Morgan fingerprint density at radius 3 is 2.75 bits per heavy atom. The van der Waals surface area contributed by atoms with Crippen molar-refractivity contribution in [2.75, 3.05) is 17.2 Å². The Morgan fingerprint density at radius 2 is 2.04 bits per heavy atom. The Kier molecular flexibility index (Phi) is 4.79. The van der Waals surface area contributed by atoms with Crippen LogP contribution in [0.5, 0.6) is 0 Å². The molecule has 1 aliphatic rings. The highest BCUT2D eigenvalue weighted by molar-refractivity contribution is 5.92. The van der Waals surface area contributed by atoms with Crippen molar-refractivity contribution < 1.29 is 9.59 Å². The maximum absolute atomic E-state index is 12.7. The number of piperidine rings is 1. The van der Waals surface area contributed by atoms with Crippen molar-refractivity contribution in [3.63, 3.8) is 0 Å². The van der Waals surface area contributed by atoms with E-state index in [0.717, 1.165) is 24.8 Å². The molecule has 2 aromatic rings. The van der Waals surface area contributed by atoms with Gasteiger partial charge in [0.2, 0.25) is 5.91 Å². The summed E-state index contributed by atoms with van der Waals surface area (Å²) in [5.74, 6) is -0.144. The Bertz CT molecular complexity index is 714. The fourth-order valence-corrected chi connectivity index (χ4v) is 3.04. The molecule has 24 heavy (non-hydrogen) atoms. The second-order valence-corrected chi connectivity index (χ2v) is 5.93. The average molecular weight is 327 g/mol. The molecule has 126 valence electrons. The number of anilines is 2. The Morgan fingerprint density at radius 1 is 1.25 bits per heavy atom. The zero-order valence-electron chi connectivity index (χ0n) is 13.6. The van der Waals surface area contributed by atoms with Gasteiger partial charge in [-0.15, -0.1) is 0 Å². The lowest BCUT2D eigenvalue weighted by Gasteiger charge is -2.35. The normalized spacial score (nSPS) is 17.4. The van der Waals surface area contributed by atoms with Gasteiger partial charge in [0.1, 0.15) is 0 Å². The molecule has 1 saturated heterocycles. The maximum atomic E-state index is 12.7. The van der Waals surface area contributed by atoms with Crippen LogP contribution in [0.25, 0.3) is 0 Å². The first-order chi connectivity index (χ1) is 11.6. The monoisotopic (exact) mass is 327 g/mol. The number of carbonyl (C=O) groups is 2. The summed E-state index contributed by atoms with van der Waals surface area (Å²) in [5, 5.41) is 12.4. The zero-order valence-corrected chi connectivity index (χ0v) is 13.6. The molecule has 0 spiro atoms. The third-order valence-electron chi connectivity index (χ3n) is 4.10. The van der Waals surface area contributed by atoms with Crippen LogP contribution in [-0.2, 0) is 4.79 Å². The van der Waals surface area contributed by atoms with Crippen LogP contribution >= 0.6 is 0 Å². The number of benzene rings is 1. The number of likely N-dealkylation sites (tertiary alicyclic amines) is 1. The van der Waals surface area contributed by atoms with Crippen LogP contribution in [0.1, 0.15) is 37.8 Å². The summed E-state index contributed by atoms with van der Waals surface area (Å²) in [7, 11) is 0. The first kappa shape index (κ1) is 16.0. The molecule has 0 bridgehead atoms. The molecule has 1 fully saturated rings. The predicted octanol–water partition coefficient (Wildman–Crippen LogP) is 3.13. The minimum Gasteiger partial charge on any atom is -0.326 e. The van der Waals surface area contributed by atoms with Gasteiger partial charge in [0.15, 0.2) is 0 Å². The van der Waals surface area contributed by atoms with Crippen LogP contribution in [0.2, 0.25) is 0 Å². The fourth-order valence-electron chi connectivity index (χ4n) is 3.04. The molecular weight excluding hydrogens is 306 g/mol. The standard InChI is InChI=1S/C17H21N5O2/c1-12(23)20-14-5-4-6-15(9-14)21-17(24)22-8-3-2-7-16(22)13-10-18-19-11-13/h4-6,9-11,16H,2-3,7-8H2,1H3,(H,18,19)(H,20,23)(H,21,24)/t16-/m0/s1.